The molecule has 1 saturated heterocycles. The molecule has 0 radical (unpaired) electrons. The van der Waals surface area contributed by atoms with Crippen molar-refractivity contribution < 1.29 is 23.5 Å². The number of thioether (sulfide) groups is 1. The largest absolute Gasteiger partial charge is 0.490 e. The summed E-state index contributed by atoms with van der Waals surface area (Å²) in [5.74, 6) is 0.345. The Morgan fingerprint density at radius 1 is 1.14 bits per heavy atom. The van der Waals surface area contributed by atoms with Crippen LogP contribution in [0.3, 0.4) is 0 Å². The van der Waals surface area contributed by atoms with E-state index in [1.54, 1.807) is 36.4 Å². The van der Waals surface area contributed by atoms with Crippen molar-refractivity contribution in [2.45, 2.75) is 13.5 Å². The second-order valence-corrected chi connectivity index (χ2v) is 7.13. The normalized spacial score (nSPS) is 15.1. The molecule has 1 fully saturated rings. The summed E-state index contributed by atoms with van der Waals surface area (Å²) in [5, 5.41) is -0.318. The third-order valence-electron chi connectivity index (χ3n) is 4.03. The number of halogens is 1. The van der Waals surface area contributed by atoms with Gasteiger partial charge in [0.2, 0.25) is 0 Å². The minimum Gasteiger partial charge on any atom is -0.490 e. The molecule has 0 unspecified atom stereocenters. The van der Waals surface area contributed by atoms with Crippen molar-refractivity contribution in [2.75, 3.05) is 13.2 Å². The predicted octanol–water partition coefficient (Wildman–Crippen LogP) is 5.03. The highest BCUT2D eigenvalue weighted by molar-refractivity contribution is 8.18. The monoisotopic (exact) mass is 413 g/mol. The molecule has 0 spiro atoms. The average molecular weight is 413 g/mol. The average Bonchev–Trinajstić information content (AvgIpc) is 2.95. The second kappa shape index (κ2) is 9.43. The van der Waals surface area contributed by atoms with E-state index in [4.69, 9.17) is 9.47 Å². The smallest absolute Gasteiger partial charge is 0.293 e. The Morgan fingerprint density at radius 3 is 2.69 bits per heavy atom. The molecule has 0 aliphatic carbocycles. The molecule has 1 aliphatic rings. The predicted molar refractivity (Wildman–Crippen MR) is 111 cm³/mol. The molecule has 1 heterocycles. The topological polar surface area (TPSA) is 55.8 Å². The van der Waals surface area contributed by atoms with Gasteiger partial charge in [-0.15, -0.1) is 6.58 Å². The summed E-state index contributed by atoms with van der Waals surface area (Å²) in [6.07, 6.45) is 3.16. The minimum absolute atomic E-state index is 0.180. The van der Waals surface area contributed by atoms with Gasteiger partial charge in [0.1, 0.15) is 12.4 Å². The molecule has 2 aromatic rings. The van der Waals surface area contributed by atoms with Crippen LogP contribution < -0.4 is 9.47 Å². The van der Waals surface area contributed by atoms with Gasteiger partial charge >= 0.3 is 0 Å². The van der Waals surface area contributed by atoms with E-state index >= 15 is 0 Å². The van der Waals surface area contributed by atoms with Gasteiger partial charge in [-0.2, -0.15) is 0 Å². The van der Waals surface area contributed by atoms with E-state index in [1.165, 1.54) is 18.2 Å². The fourth-order valence-electron chi connectivity index (χ4n) is 2.73. The first-order valence-electron chi connectivity index (χ1n) is 9.02. The summed E-state index contributed by atoms with van der Waals surface area (Å²) >= 11 is 0.892. The number of nitrogens with zero attached hydrogens (tertiary/aromatic N) is 1. The van der Waals surface area contributed by atoms with Crippen LogP contribution in [0.2, 0.25) is 0 Å². The highest BCUT2D eigenvalue weighted by Crippen LogP contribution is 2.34. The van der Waals surface area contributed by atoms with Crippen molar-refractivity contribution in [2.24, 2.45) is 0 Å². The van der Waals surface area contributed by atoms with Crippen LogP contribution in [-0.4, -0.2) is 29.2 Å². The highest BCUT2D eigenvalue weighted by Gasteiger charge is 2.34. The molecule has 0 bridgehead atoms. The van der Waals surface area contributed by atoms with E-state index in [9.17, 15) is 14.0 Å². The third-order valence-corrected chi connectivity index (χ3v) is 4.94. The van der Waals surface area contributed by atoms with Crippen LogP contribution in [-0.2, 0) is 11.4 Å². The molecular weight excluding hydrogens is 393 g/mol. The molecule has 29 heavy (non-hydrogen) atoms. The maximum Gasteiger partial charge on any atom is 0.293 e. The second-order valence-electron chi connectivity index (χ2n) is 6.14. The fraction of sp³-hybridized carbons (Fsp3) is 0.182. The Labute approximate surface area is 172 Å². The summed E-state index contributed by atoms with van der Waals surface area (Å²) in [6.45, 7) is 6.21. The van der Waals surface area contributed by atoms with Gasteiger partial charge < -0.3 is 9.47 Å². The number of amides is 2. The summed E-state index contributed by atoms with van der Waals surface area (Å²) in [5.41, 5.74) is 1.41. The van der Waals surface area contributed by atoms with Crippen molar-refractivity contribution >= 4 is 29.0 Å². The first kappa shape index (κ1) is 20.7. The van der Waals surface area contributed by atoms with E-state index in [2.05, 4.69) is 6.58 Å². The quantitative estimate of drug-likeness (QED) is 0.449. The molecule has 5 nitrogen and oxygen atoms in total. The van der Waals surface area contributed by atoms with E-state index in [0.29, 0.717) is 34.1 Å². The van der Waals surface area contributed by atoms with Crippen molar-refractivity contribution in [3.05, 3.63) is 77.0 Å². The van der Waals surface area contributed by atoms with Gasteiger partial charge in [0, 0.05) is 6.54 Å². The van der Waals surface area contributed by atoms with Crippen LogP contribution in [0.25, 0.3) is 6.08 Å². The third kappa shape index (κ3) is 5.06. The van der Waals surface area contributed by atoms with E-state index in [1.807, 2.05) is 6.92 Å². The fourth-order valence-corrected chi connectivity index (χ4v) is 3.58. The molecule has 1 aliphatic heterocycles. The maximum absolute atomic E-state index is 13.3. The Hall–Kier alpha value is -3.06. The molecule has 0 atom stereocenters. The number of imide groups is 1. The van der Waals surface area contributed by atoms with Gasteiger partial charge in [0.25, 0.3) is 11.1 Å². The first-order valence-corrected chi connectivity index (χ1v) is 9.83. The van der Waals surface area contributed by atoms with Crippen LogP contribution in [0.1, 0.15) is 18.1 Å². The van der Waals surface area contributed by atoms with Crippen LogP contribution >= 0.6 is 11.8 Å². The summed E-state index contributed by atoms with van der Waals surface area (Å²) in [6, 6.07) is 11.4. The number of hydrogen-bond donors (Lipinski definition) is 0. The number of rotatable bonds is 8. The lowest BCUT2D eigenvalue weighted by Crippen LogP contribution is -2.27. The summed E-state index contributed by atoms with van der Waals surface area (Å²) < 4.78 is 24.8. The standard InChI is InChI=1S/C22H20FNO4S/c1-3-10-24-21(25)20(29-22(24)26)13-15-8-9-18(19(12-15)27-4-2)28-14-16-6-5-7-17(23)11-16/h3,5-9,11-13H,1,4,10,14H2,2H3/b20-13+. The molecule has 2 aromatic carbocycles. The number of carbonyl (C=O) groups excluding carboxylic acids is 2. The Kier molecular flexibility index (Phi) is 6.72. The molecule has 3 rings (SSSR count). The molecule has 2 amide bonds. The Morgan fingerprint density at radius 2 is 1.97 bits per heavy atom. The van der Waals surface area contributed by atoms with Crippen LogP contribution in [0.5, 0.6) is 11.5 Å². The van der Waals surface area contributed by atoms with Gasteiger partial charge in [-0.05, 0) is 60.2 Å². The maximum atomic E-state index is 13.3. The van der Waals surface area contributed by atoms with Crippen molar-refractivity contribution in [3.63, 3.8) is 0 Å². The van der Waals surface area contributed by atoms with Crippen LogP contribution in [0, 0.1) is 5.82 Å². The number of benzene rings is 2. The molecule has 0 aromatic heterocycles. The summed E-state index contributed by atoms with van der Waals surface area (Å²) in [7, 11) is 0. The number of hydrogen-bond acceptors (Lipinski definition) is 5. The lowest BCUT2D eigenvalue weighted by atomic mass is 10.1. The lowest BCUT2D eigenvalue weighted by molar-refractivity contribution is -0.122. The van der Waals surface area contributed by atoms with E-state index in [-0.39, 0.29) is 30.1 Å². The van der Waals surface area contributed by atoms with Gasteiger partial charge in [0.05, 0.1) is 11.5 Å². The van der Waals surface area contributed by atoms with E-state index in [0.717, 1.165) is 16.7 Å². The number of ether oxygens (including phenoxy) is 2. The highest BCUT2D eigenvalue weighted by atomic mass is 32.2. The zero-order valence-corrected chi connectivity index (χ0v) is 16.7. The van der Waals surface area contributed by atoms with Crippen molar-refractivity contribution in [3.8, 4) is 11.5 Å². The molecule has 0 N–H and O–H groups in total. The Balaban J connectivity index is 1.79. The van der Waals surface area contributed by atoms with Gasteiger partial charge in [-0.3, -0.25) is 14.5 Å². The van der Waals surface area contributed by atoms with Gasteiger partial charge in [0.15, 0.2) is 11.5 Å². The lowest BCUT2D eigenvalue weighted by Gasteiger charge is -2.13. The minimum atomic E-state index is -0.343. The molecule has 150 valence electrons. The SMILES string of the molecule is C=CCN1C(=O)S/C(=C/c2ccc(OCc3cccc(F)c3)c(OCC)c2)C1=O. The van der Waals surface area contributed by atoms with Crippen molar-refractivity contribution in [1.82, 2.24) is 4.90 Å². The molecule has 7 heteroatoms. The van der Waals surface area contributed by atoms with Crippen LogP contribution in [0.15, 0.2) is 60.0 Å². The Bertz CT molecular complexity index is 973. The molecule has 0 saturated carbocycles. The zero-order valence-electron chi connectivity index (χ0n) is 15.9. The first-order chi connectivity index (χ1) is 14.0. The van der Waals surface area contributed by atoms with E-state index < -0.39 is 0 Å². The molecular formula is C22H20FNO4S. The van der Waals surface area contributed by atoms with Gasteiger partial charge in [-0.25, -0.2) is 4.39 Å². The summed E-state index contributed by atoms with van der Waals surface area (Å²) in [4.78, 5) is 25.8. The van der Waals surface area contributed by atoms with Gasteiger partial charge in [-0.1, -0.05) is 24.3 Å². The van der Waals surface area contributed by atoms with Crippen LogP contribution in [0.4, 0.5) is 9.18 Å². The number of carbonyl (C=O) groups is 2. The zero-order chi connectivity index (χ0) is 20.8. The van der Waals surface area contributed by atoms with Crippen molar-refractivity contribution in [1.29, 1.82) is 0 Å².